The van der Waals surface area contributed by atoms with E-state index in [1.54, 1.807) is 0 Å². The average molecular weight is 356 g/mol. The highest BCUT2D eigenvalue weighted by Gasteiger charge is 2.36. The first-order valence-electron chi connectivity index (χ1n) is 8.09. The van der Waals surface area contributed by atoms with E-state index in [4.69, 9.17) is 0 Å². The molecule has 0 bridgehead atoms. The molecule has 1 heterocycles. The molecule has 0 aliphatic rings. The van der Waals surface area contributed by atoms with Crippen LogP contribution >= 0.6 is 15.9 Å². The largest absolute Gasteiger partial charge is 0.312 e. The van der Waals surface area contributed by atoms with E-state index in [0.717, 1.165) is 36.9 Å². The number of nitrogens with one attached hydrogen (secondary N) is 1. The number of halogens is 1. The van der Waals surface area contributed by atoms with Crippen molar-refractivity contribution < 1.29 is 0 Å². The number of hydrogen-bond acceptors (Lipinski definition) is 3. The van der Waals surface area contributed by atoms with Crippen LogP contribution in [0, 0.1) is 0 Å². The molecule has 2 unspecified atom stereocenters. The summed E-state index contributed by atoms with van der Waals surface area (Å²) in [5, 5.41) is 3.71. The maximum Gasteiger partial charge on any atom is 0.0410 e. The Hall–Kier alpha value is -0.450. The topological polar surface area (TPSA) is 28.2 Å². The zero-order valence-electron chi connectivity index (χ0n) is 14.1. The second-order valence-corrected chi connectivity index (χ2v) is 6.62. The first-order valence-corrected chi connectivity index (χ1v) is 8.88. The molecular formula is C17H30BrN3. The molecule has 0 aliphatic carbocycles. The summed E-state index contributed by atoms with van der Waals surface area (Å²) in [6, 6.07) is 2.60. The molecule has 0 aromatic carbocycles. The fraction of sp³-hybridized carbons (Fsp3) is 0.706. The fourth-order valence-corrected chi connectivity index (χ4v) is 3.61. The van der Waals surface area contributed by atoms with Crippen LogP contribution in [-0.4, -0.2) is 41.1 Å². The third-order valence-electron chi connectivity index (χ3n) is 4.60. The van der Waals surface area contributed by atoms with E-state index in [2.05, 4.69) is 71.8 Å². The highest BCUT2D eigenvalue weighted by molar-refractivity contribution is 9.10. The Balaban J connectivity index is 3.02. The lowest BCUT2D eigenvalue weighted by Gasteiger charge is -2.46. The van der Waals surface area contributed by atoms with E-state index in [0.29, 0.717) is 6.04 Å². The quantitative estimate of drug-likeness (QED) is 0.728. The minimum Gasteiger partial charge on any atom is -0.312 e. The second-order valence-electron chi connectivity index (χ2n) is 5.71. The summed E-state index contributed by atoms with van der Waals surface area (Å²) in [5.41, 5.74) is 1.43. The fourth-order valence-electron chi connectivity index (χ4n) is 3.20. The summed E-state index contributed by atoms with van der Waals surface area (Å²) in [4.78, 5) is 6.88. The van der Waals surface area contributed by atoms with Crippen molar-refractivity contribution in [3.63, 3.8) is 0 Å². The van der Waals surface area contributed by atoms with Gasteiger partial charge in [-0.2, -0.15) is 0 Å². The zero-order chi connectivity index (χ0) is 15.9. The molecule has 0 saturated heterocycles. The Labute approximate surface area is 138 Å². The summed E-state index contributed by atoms with van der Waals surface area (Å²) < 4.78 is 1.05. The van der Waals surface area contributed by atoms with Crippen LogP contribution in [-0.2, 0) is 6.42 Å². The summed E-state index contributed by atoms with van der Waals surface area (Å²) in [7, 11) is 0. The van der Waals surface area contributed by atoms with Gasteiger partial charge in [0.15, 0.2) is 0 Å². The molecule has 2 atom stereocenters. The first-order chi connectivity index (χ1) is 10.0. The molecule has 1 N–H and O–H groups in total. The van der Waals surface area contributed by atoms with Gasteiger partial charge in [-0.05, 0) is 67.0 Å². The van der Waals surface area contributed by atoms with Gasteiger partial charge in [0.25, 0.3) is 0 Å². The number of pyridine rings is 1. The Bertz CT molecular complexity index is 420. The maximum absolute atomic E-state index is 4.30. The van der Waals surface area contributed by atoms with Gasteiger partial charge in [0.1, 0.15) is 0 Å². The van der Waals surface area contributed by atoms with E-state index in [-0.39, 0.29) is 5.54 Å². The minimum atomic E-state index is 0.155. The van der Waals surface area contributed by atoms with Gasteiger partial charge >= 0.3 is 0 Å². The number of nitrogens with zero attached hydrogens (tertiary/aromatic N) is 2. The molecule has 0 spiro atoms. The van der Waals surface area contributed by atoms with Crippen LogP contribution < -0.4 is 5.32 Å². The summed E-state index contributed by atoms with van der Waals surface area (Å²) in [5.74, 6) is 0. The van der Waals surface area contributed by atoms with Gasteiger partial charge in [-0.3, -0.25) is 9.88 Å². The van der Waals surface area contributed by atoms with Crippen LogP contribution in [0.15, 0.2) is 22.9 Å². The average Bonchev–Trinajstić information content (AvgIpc) is 2.47. The van der Waals surface area contributed by atoms with Gasteiger partial charge in [0, 0.05) is 28.4 Å². The van der Waals surface area contributed by atoms with E-state index < -0.39 is 0 Å². The van der Waals surface area contributed by atoms with Gasteiger partial charge in [-0.1, -0.05) is 27.7 Å². The Morgan fingerprint density at radius 1 is 1.24 bits per heavy atom. The van der Waals surface area contributed by atoms with Crippen LogP contribution in [0.2, 0.25) is 0 Å². The Morgan fingerprint density at radius 2 is 1.90 bits per heavy atom. The lowest BCUT2D eigenvalue weighted by atomic mass is 9.83. The molecule has 0 aliphatic heterocycles. The van der Waals surface area contributed by atoms with E-state index in [1.807, 2.05) is 12.4 Å². The van der Waals surface area contributed by atoms with E-state index in [1.165, 1.54) is 5.56 Å². The maximum atomic E-state index is 4.30. The standard InChI is InChI=1S/C17H30BrN3/c1-6-17(5,21(8-3)9-4)16(20-7-2)11-14-10-15(18)13-19-12-14/h10,12-13,16,20H,6-9,11H2,1-5H3. The van der Waals surface area contributed by atoms with E-state index >= 15 is 0 Å². The van der Waals surface area contributed by atoms with Crippen molar-refractivity contribution in [1.82, 2.24) is 15.2 Å². The van der Waals surface area contributed by atoms with Crippen molar-refractivity contribution in [2.24, 2.45) is 0 Å². The van der Waals surface area contributed by atoms with Crippen LogP contribution in [0.4, 0.5) is 0 Å². The second kappa shape index (κ2) is 8.86. The highest BCUT2D eigenvalue weighted by atomic mass is 79.9. The number of aromatic nitrogens is 1. The molecule has 120 valence electrons. The monoisotopic (exact) mass is 355 g/mol. The van der Waals surface area contributed by atoms with Crippen molar-refractivity contribution in [2.45, 2.75) is 59.0 Å². The van der Waals surface area contributed by atoms with Gasteiger partial charge < -0.3 is 5.32 Å². The molecule has 21 heavy (non-hydrogen) atoms. The Morgan fingerprint density at radius 3 is 2.38 bits per heavy atom. The molecule has 1 aromatic rings. The van der Waals surface area contributed by atoms with Crippen molar-refractivity contribution in [3.8, 4) is 0 Å². The molecule has 0 saturated carbocycles. The predicted molar refractivity (Wildman–Crippen MR) is 94.7 cm³/mol. The predicted octanol–water partition coefficient (Wildman–Crippen LogP) is 3.88. The number of hydrogen-bond donors (Lipinski definition) is 1. The van der Waals surface area contributed by atoms with Crippen molar-refractivity contribution in [1.29, 1.82) is 0 Å². The summed E-state index contributed by atoms with van der Waals surface area (Å²) >= 11 is 3.52. The third kappa shape index (κ3) is 4.76. The molecule has 1 rings (SSSR count). The van der Waals surface area contributed by atoms with Crippen LogP contribution in [0.3, 0.4) is 0 Å². The number of rotatable bonds is 9. The van der Waals surface area contributed by atoms with E-state index in [9.17, 15) is 0 Å². The van der Waals surface area contributed by atoms with Crippen LogP contribution in [0.25, 0.3) is 0 Å². The Kier molecular flexibility index (Phi) is 7.85. The molecule has 3 nitrogen and oxygen atoms in total. The lowest BCUT2D eigenvalue weighted by molar-refractivity contribution is 0.0706. The molecule has 0 amide bonds. The van der Waals surface area contributed by atoms with Gasteiger partial charge in [-0.25, -0.2) is 0 Å². The molecular weight excluding hydrogens is 326 g/mol. The molecule has 4 heteroatoms. The first kappa shape index (κ1) is 18.6. The van der Waals surface area contributed by atoms with Gasteiger partial charge in [-0.15, -0.1) is 0 Å². The van der Waals surface area contributed by atoms with Crippen LogP contribution in [0.5, 0.6) is 0 Å². The van der Waals surface area contributed by atoms with Gasteiger partial charge in [0.05, 0.1) is 0 Å². The molecule has 0 radical (unpaired) electrons. The highest BCUT2D eigenvalue weighted by Crippen LogP contribution is 2.26. The van der Waals surface area contributed by atoms with Gasteiger partial charge in [0.2, 0.25) is 0 Å². The number of likely N-dealkylation sites (N-methyl/N-ethyl adjacent to an activating group) is 2. The van der Waals surface area contributed by atoms with Crippen molar-refractivity contribution >= 4 is 15.9 Å². The van der Waals surface area contributed by atoms with Crippen molar-refractivity contribution in [2.75, 3.05) is 19.6 Å². The summed E-state index contributed by atoms with van der Waals surface area (Å²) in [6.07, 6.45) is 5.96. The summed E-state index contributed by atoms with van der Waals surface area (Å²) in [6.45, 7) is 14.5. The lowest BCUT2D eigenvalue weighted by Crippen LogP contribution is -2.60. The van der Waals surface area contributed by atoms with Crippen molar-refractivity contribution in [3.05, 3.63) is 28.5 Å². The molecule has 1 aromatic heterocycles. The SMILES string of the molecule is CCNC(Cc1cncc(Br)c1)C(C)(CC)N(CC)CC. The molecule has 0 fully saturated rings. The minimum absolute atomic E-state index is 0.155. The smallest absolute Gasteiger partial charge is 0.0410 e. The normalized spacial score (nSPS) is 16.0. The third-order valence-corrected chi connectivity index (χ3v) is 5.04. The zero-order valence-corrected chi connectivity index (χ0v) is 15.7. The van der Waals surface area contributed by atoms with Crippen LogP contribution in [0.1, 0.15) is 46.6 Å².